The second-order valence-electron chi connectivity index (χ2n) is 7.39. The summed E-state index contributed by atoms with van der Waals surface area (Å²) in [6.45, 7) is 5.63. The number of carbonyl (C=O) groups is 1. The number of nitrogens with one attached hydrogen (secondary N) is 1. The molecule has 3 heterocycles. The minimum absolute atomic E-state index is 0.00193. The molecule has 1 saturated heterocycles. The SMILES string of the molecule is CCc1noc2nc(C)nc(N3CCC[C@H](C(=O)NCc4ccc(F)cc4)C3)c12. The first kappa shape index (κ1) is 19.3. The molecule has 1 atom stereocenters. The normalized spacial score (nSPS) is 16.9. The monoisotopic (exact) mass is 397 g/mol. The van der Waals surface area contributed by atoms with Gasteiger partial charge in [-0.2, -0.15) is 4.98 Å². The quantitative estimate of drug-likeness (QED) is 0.712. The fourth-order valence-electron chi connectivity index (χ4n) is 3.78. The maximum absolute atomic E-state index is 13.0. The van der Waals surface area contributed by atoms with Crippen LogP contribution in [0.2, 0.25) is 0 Å². The lowest BCUT2D eigenvalue weighted by Crippen LogP contribution is -2.43. The van der Waals surface area contributed by atoms with Gasteiger partial charge in [-0.1, -0.05) is 24.2 Å². The molecule has 1 aliphatic rings. The van der Waals surface area contributed by atoms with Crippen molar-refractivity contribution in [1.29, 1.82) is 0 Å². The molecule has 0 unspecified atom stereocenters. The first-order valence-corrected chi connectivity index (χ1v) is 9.95. The number of nitrogens with zero attached hydrogens (tertiary/aromatic N) is 4. The largest absolute Gasteiger partial charge is 0.355 e. The molecule has 1 fully saturated rings. The Morgan fingerprint density at radius 2 is 2.10 bits per heavy atom. The maximum atomic E-state index is 13.0. The van der Waals surface area contributed by atoms with E-state index in [0.717, 1.165) is 48.3 Å². The summed E-state index contributed by atoms with van der Waals surface area (Å²) in [4.78, 5) is 23.9. The van der Waals surface area contributed by atoms with Gasteiger partial charge in [-0.3, -0.25) is 4.79 Å². The zero-order valence-corrected chi connectivity index (χ0v) is 16.6. The van der Waals surface area contributed by atoms with Crippen LogP contribution in [-0.2, 0) is 17.8 Å². The van der Waals surface area contributed by atoms with Crippen molar-refractivity contribution in [2.45, 2.75) is 39.7 Å². The van der Waals surface area contributed by atoms with Gasteiger partial charge in [0, 0.05) is 19.6 Å². The second-order valence-corrected chi connectivity index (χ2v) is 7.39. The lowest BCUT2D eigenvalue weighted by atomic mass is 9.96. The lowest BCUT2D eigenvalue weighted by molar-refractivity contribution is -0.125. The Bertz CT molecular complexity index is 1020. The third kappa shape index (κ3) is 4.06. The van der Waals surface area contributed by atoms with Crippen molar-refractivity contribution >= 4 is 22.8 Å². The smallest absolute Gasteiger partial charge is 0.263 e. The number of benzene rings is 1. The number of rotatable bonds is 5. The summed E-state index contributed by atoms with van der Waals surface area (Å²) in [5, 5.41) is 7.94. The van der Waals surface area contributed by atoms with E-state index in [1.807, 2.05) is 13.8 Å². The molecular weight excluding hydrogens is 373 g/mol. The Balaban J connectivity index is 1.49. The molecule has 29 heavy (non-hydrogen) atoms. The van der Waals surface area contributed by atoms with Gasteiger partial charge in [0.1, 0.15) is 22.8 Å². The summed E-state index contributed by atoms with van der Waals surface area (Å²) in [5.41, 5.74) is 2.20. The first-order valence-electron chi connectivity index (χ1n) is 9.95. The highest BCUT2D eigenvalue weighted by atomic mass is 19.1. The van der Waals surface area contributed by atoms with Crippen molar-refractivity contribution in [3.8, 4) is 0 Å². The van der Waals surface area contributed by atoms with Gasteiger partial charge in [0.15, 0.2) is 0 Å². The van der Waals surface area contributed by atoms with Gasteiger partial charge in [-0.05, 0) is 43.9 Å². The van der Waals surface area contributed by atoms with E-state index in [1.165, 1.54) is 12.1 Å². The van der Waals surface area contributed by atoms with Crippen LogP contribution in [0, 0.1) is 18.7 Å². The molecule has 1 aromatic carbocycles. The average molecular weight is 397 g/mol. The van der Waals surface area contributed by atoms with Gasteiger partial charge in [-0.25, -0.2) is 9.37 Å². The third-order valence-electron chi connectivity index (χ3n) is 5.31. The van der Waals surface area contributed by atoms with E-state index in [9.17, 15) is 9.18 Å². The molecule has 8 heteroatoms. The maximum Gasteiger partial charge on any atom is 0.263 e. The molecule has 0 spiro atoms. The highest BCUT2D eigenvalue weighted by Gasteiger charge is 2.29. The summed E-state index contributed by atoms with van der Waals surface area (Å²) < 4.78 is 18.4. The number of hydrogen-bond donors (Lipinski definition) is 1. The van der Waals surface area contributed by atoms with Crippen LogP contribution in [0.1, 0.15) is 36.8 Å². The number of halogens is 1. The van der Waals surface area contributed by atoms with Crippen LogP contribution < -0.4 is 10.2 Å². The van der Waals surface area contributed by atoms with Gasteiger partial charge in [-0.15, -0.1) is 0 Å². The number of carbonyl (C=O) groups excluding carboxylic acids is 1. The Morgan fingerprint density at radius 1 is 1.31 bits per heavy atom. The number of piperidine rings is 1. The summed E-state index contributed by atoms with van der Waals surface area (Å²) in [6.07, 6.45) is 2.44. The molecule has 152 valence electrons. The topological polar surface area (TPSA) is 84.2 Å². The number of aromatic nitrogens is 3. The third-order valence-corrected chi connectivity index (χ3v) is 5.31. The minimum atomic E-state index is -0.283. The molecule has 1 N–H and O–H groups in total. The average Bonchev–Trinajstić information content (AvgIpc) is 3.15. The summed E-state index contributed by atoms with van der Waals surface area (Å²) in [6, 6.07) is 6.16. The predicted octanol–water partition coefficient (Wildman–Crippen LogP) is 3.16. The van der Waals surface area contributed by atoms with E-state index in [2.05, 4.69) is 25.3 Å². The molecule has 0 aliphatic carbocycles. The number of anilines is 1. The summed E-state index contributed by atoms with van der Waals surface area (Å²) >= 11 is 0. The number of hydrogen-bond acceptors (Lipinski definition) is 6. The van der Waals surface area contributed by atoms with E-state index in [-0.39, 0.29) is 17.6 Å². The number of amides is 1. The fourth-order valence-corrected chi connectivity index (χ4v) is 3.78. The first-order chi connectivity index (χ1) is 14.0. The Kier molecular flexibility index (Phi) is 5.42. The van der Waals surface area contributed by atoms with Crippen LogP contribution in [0.25, 0.3) is 11.1 Å². The molecule has 1 amide bonds. The molecular formula is C21H24FN5O2. The van der Waals surface area contributed by atoms with Crippen LogP contribution in [0.4, 0.5) is 10.2 Å². The Labute approximate surface area is 168 Å². The fraction of sp³-hybridized carbons (Fsp3) is 0.429. The zero-order valence-electron chi connectivity index (χ0n) is 16.6. The highest BCUT2D eigenvalue weighted by molar-refractivity contribution is 5.89. The Hall–Kier alpha value is -3.03. The number of fused-ring (bicyclic) bond motifs is 1. The van der Waals surface area contributed by atoms with E-state index < -0.39 is 0 Å². The molecule has 0 radical (unpaired) electrons. The van der Waals surface area contributed by atoms with Crippen LogP contribution in [0.5, 0.6) is 0 Å². The van der Waals surface area contributed by atoms with Crippen molar-refractivity contribution in [2.24, 2.45) is 5.92 Å². The van der Waals surface area contributed by atoms with Gasteiger partial charge >= 0.3 is 0 Å². The molecule has 4 rings (SSSR count). The van der Waals surface area contributed by atoms with Crippen LogP contribution in [-0.4, -0.2) is 34.1 Å². The van der Waals surface area contributed by atoms with E-state index in [0.29, 0.717) is 24.6 Å². The van der Waals surface area contributed by atoms with Crippen LogP contribution in [0.3, 0.4) is 0 Å². The standard InChI is InChI=1S/C21H24FN5O2/c1-3-17-18-19(24-13(2)25-21(18)29-26-17)27-10-4-5-15(12-27)20(28)23-11-14-6-8-16(22)9-7-14/h6-9,15H,3-5,10-12H2,1-2H3,(H,23,28)/t15-/m0/s1. The molecule has 1 aliphatic heterocycles. The summed E-state index contributed by atoms with van der Waals surface area (Å²) in [5.74, 6) is 0.993. The van der Waals surface area contributed by atoms with Gasteiger partial charge in [0.2, 0.25) is 5.91 Å². The lowest BCUT2D eigenvalue weighted by Gasteiger charge is -2.33. The van der Waals surface area contributed by atoms with Gasteiger partial charge in [0.25, 0.3) is 5.71 Å². The van der Waals surface area contributed by atoms with Crippen molar-refractivity contribution in [3.05, 3.63) is 47.2 Å². The number of aryl methyl sites for hydroxylation is 2. The van der Waals surface area contributed by atoms with E-state index >= 15 is 0 Å². The van der Waals surface area contributed by atoms with Crippen molar-refractivity contribution in [1.82, 2.24) is 20.4 Å². The molecule has 7 nitrogen and oxygen atoms in total. The van der Waals surface area contributed by atoms with Crippen molar-refractivity contribution in [2.75, 3.05) is 18.0 Å². The molecule has 0 saturated carbocycles. The molecule has 0 bridgehead atoms. The van der Waals surface area contributed by atoms with Crippen LogP contribution in [0.15, 0.2) is 28.8 Å². The highest BCUT2D eigenvalue weighted by Crippen LogP contribution is 2.30. The molecule has 2 aromatic heterocycles. The Morgan fingerprint density at radius 3 is 2.86 bits per heavy atom. The predicted molar refractivity (Wildman–Crippen MR) is 107 cm³/mol. The van der Waals surface area contributed by atoms with Crippen LogP contribution >= 0.6 is 0 Å². The van der Waals surface area contributed by atoms with Crippen molar-refractivity contribution < 1.29 is 13.7 Å². The van der Waals surface area contributed by atoms with E-state index in [1.54, 1.807) is 12.1 Å². The van der Waals surface area contributed by atoms with Crippen molar-refractivity contribution in [3.63, 3.8) is 0 Å². The van der Waals surface area contributed by atoms with Gasteiger partial charge in [0.05, 0.1) is 11.6 Å². The summed E-state index contributed by atoms with van der Waals surface area (Å²) in [7, 11) is 0. The minimum Gasteiger partial charge on any atom is -0.355 e. The molecule has 3 aromatic rings. The van der Waals surface area contributed by atoms with E-state index in [4.69, 9.17) is 4.52 Å². The van der Waals surface area contributed by atoms with Gasteiger partial charge < -0.3 is 14.7 Å². The zero-order chi connectivity index (χ0) is 20.4. The second kappa shape index (κ2) is 8.14.